The molecule has 0 unspecified atom stereocenters. The van der Waals surface area contributed by atoms with Crippen LogP contribution in [0.25, 0.3) is 21.6 Å². The van der Waals surface area contributed by atoms with E-state index in [1.165, 1.54) is 11.1 Å². The van der Waals surface area contributed by atoms with E-state index in [-0.39, 0.29) is 0 Å². The van der Waals surface area contributed by atoms with Crippen LogP contribution in [0.15, 0.2) is 18.3 Å². The van der Waals surface area contributed by atoms with E-state index >= 15 is 0 Å². The van der Waals surface area contributed by atoms with Gasteiger partial charge >= 0.3 is 0 Å². The maximum atomic E-state index is 11.8. The van der Waals surface area contributed by atoms with Crippen LogP contribution in [0.1, 0.15) is 10.4 Å². The molecule has 0 amide bonds. The lowest BCUT2D eigenvalue weighted by atomic mass is 10.1. The number of aryl methyl sites for hydroxylation is 1. The summed E-state index contributed by atoms with van der Waals surface area (Å²) in [6, 6.07) is 4.03. The predicted molar refractivity (Wildman–Crippen MR) is 135 cm³/mol. The van der Waals surface area contributed by atoms with Gasteiger partial charge < -0.3 is 15.4 Å². The number of rotatable bonds is 5. The van der Waals surface area contributed by atoms with Gasteiger partial charge in [-0.05, 0) is 24.6 Å². The molecule has 2 aliphatic heterocycles. The minimum atomic E-state index is -3.14. The number of pyridine rings is 1. The van der Waals surface area contributed by atoms with E-state index in [0.717, 1.165) is 46.8 Å². The van der Waals surface area contributed by atoms with Gasteiger partial charge in [-0.3, -0.25) is 4.90 Å². The van der Waals surface area contributed by atoms with Gasteiger partial charge in [0.2, 0.25) is 10.0 Å². The SMILES string of the molecule is Cc1cc(N)ncc1-c1nc(N2CCOCC2)c2cc(CN3CCN(S(C)(=O)=O)CC3)sc2n1. The summed E-state index contributed by atoms with van der Waals surface area (Å²) in [5.74, 6) is 2.04. The van der Waals surface area contributed by atoms with Gasteiger partial charge in [0, 0.05) is 62.5 Å². The number of hydrogen-bond acceptors (Lipinski definition) is 10. The number of sulfonamides is 1. The van der Waals surface area contributed by atoms with Crippen LogP contribution in [-0.4, -0.2) is 91.3 Å². The number of aromatic nitrogens is 3. The number of anilines is 2. The lowest BCUT2D eigenvalue weighted by Gasteiger charge is -2.32. The third-order valence-corrected chi connectivity index (χ3v) is 8.60. The van der Waals surface area contributed by atoms with E-state index in [9.17, 15) is 8.42 Å². The summed E-state index contributed by atoms with van der Waals surface area (Å²) in [6.45, 7) is 8.13. The van der Waals surface area contributed by atoms with Crippen molar-refractivity contribution in [1.29, 1.82) is 0 Å². The first-order valence-corrected chi connectivity index (χ1v) is 14.0. The molecule has 5 heterocycles. The highest BCUT2D eigenvalue weighted by Gasteiger charge is 2.25. The van der Waals surface area contributed by atoms with Crippen molar-refractivity contribution in [3.05, 3.63) is 28.8 Å². The molecule has 10 nitrogen and oxygen atoms in total. The molecular weight excluding hydrogens is 474 g/mol. The number of thiophene rings is 1. The van der Waals surface area contributed by atoms with Crippen LogP contribution < -0.4 is 10.6 Å². The Labute approximate surface area is 203 Å². The normalized spacial score (nSPS) is 18.6. The maximum absolute atomic E-state index is 11.8. The quantitative estimate of drug-likeness (QED) is 0.553. The Morgan fingerprint density at radius 1 is 1.09 bits per heavy atom. The fourth-order valence-corrected chi connectivity index (χ4v) is 6.31. The summed E-state index contributed by atoms with van der Waals surface area (Å²) in [5, 5.41) is 1.04. The molecule has 2 N–H and O–H groups in total. The zero-order valence-corrected chi connectivity index (χ0v) is 21.0. The van der Waals surface area contributed by atoms with Gasteiger partial charge in [0.25, 0.3) is 0 Å². The van der Waals surface area contributed by atoms with Crippen molar-refractivity contribution in [3.8, 4) is 11.4 Å². The van der Waals surface area contributed by atoms with Gasteiger partial charge in [0.05, 0.1) is 24.9 Å². The molecular formula is C22H29N7O3S2. The number of nitrogens with two attached hydrogens (primary N) is 1. The minimum absolute atomic E-state index is 0.477. The van der Waals surface area contributed by atoms with E-state index in [4.69, 9.17) is 20.4 Å². The summed E-state index contributed by atoms with van der Waals surface area (Å²) in [6.07, 6.45) is 3.01. The fourth-order valence-electron chi connectivity index (χ4n) is 4.42. The van der Waals surface area contributed by atoms with Crippen molar-refractivity contribution in [3.63, 3.8) is 0 Å². The van der Waals surface area contributed by atoms with Gasteiger partial charge in [0.15, 0.2) is 5.82 Å². The van der Waals surface area contributed by atoms with Crippen LogP contribution in [0.4, 0.5) is 11.6 Å². The molecule has 3 aromatic rings. The van der Waals surface area contributed by atoms with Crippen molar-refractivity contribution in [2.45, 2.75) is 13.5 Å². The Kier molecular flexibility index (Phi) is 6.42. The Morgan fingerprint density at radius 2 is 1.82 bits per heavy atom. The van der Waals surface area contributed by atoms with E-state index in [0.29, 0.717) is 51.0 Å². The number of piperazine rings is 1. The van der Waals surface area contributed by atoms with E-state index < -0.39 is 10.0 Å². The molecule has 2 saturated heterocycles. The molecule has 5 rings (SSSR count). The summed E-state index contributed by atoms with van der Waals surface area (Å²) in [7, 11) is -3.14. The van der Waals surface area contributed by atoms with Crippen LogP contribution in [0.2, 0.25) is 0 Å². The van der Waals surface area contributed by atoms with Crippen molar-refractivity contribution in [1.82, 2.24) is 24.2 Å². The van der Waals surface area contributed by atoms with Gasteiger partial charge in [-0.2, -0.15) is 4.31 Å². The molecule has 0 aromatic carbocycles. The summed E-state index contributed by atoms with van der Waals surface area (Å²) in [4.78, 5) is 20.8. The van der Waals surface area contributed by atoms with E-state index in [2.05, 4.69) is 20.9 Å². The first-order chi connectivity index (χ1) is 16.3. The third kappa shape index (κ3) is 4.86. The maximum Gasteiger partial charge on any atom is 0.211 e. The van der Waals surface area contributed by atoms with E-state index in [1.807, 2.05) is 13.0 Å². The van der Waals surface area contributed by atoms with E-state index in [1.54, 1.807) is 21.8 Å². The highest BCUT2D eigenvalue weighted by Crippen LogP contribution is 2.35. The lowest BCUT2D eigenvalue weighted by molar-refractivity contribution is 0.122. The molecule has 2 fully saturated rings. The van der Waals surface area contributed by atoms with Gasteiger partial charge in [0.1, 0.15) is 16.5 Å². The van der Waals surface area contributed by atoms with Gasteiger partial charge in [-0.25, -0.2) is 23.4 Å². The third-order valence-electron chi connectivity index (χ3n) is 6.29. The lowest BCUT2D eigenvalue weighted by Crippen LogP contribution is -2.47. The Morgan fingerprint density at radius 3 is 2.50 bits per heavy atom. The first-order valence-electron chi connectivity index (χ1n) is 11.3. The zero-order valence-electron chi connectivity index (χ0n) is 19.4. The largest absolute Gasteiger partial charge is 0.384 e. The average Bonchev–Trinajstić information content (AvgIpc) is 3.21. The number of morpholine rings is 1. The Hall–Kier alpha value is -2.38. The van der Waals surface area contributed by atoms with Crippen LogP contribution in [0.3, 0.4) is 0 Å². The highest BCUT2D eigenvalue weighted by molar-refractivity contribution is 7.88. The molecule has 12 heteroatoms. The minimum Gasteiger partial charge on any atom is -0.384 e. The number of hydrogen-bond donors (Lipinski definition) is 1. The highest BCUT2D eigenvalue weighted by atomic mass is 32.2. The molecule has 3 aromatic heterocycles. The zero-order chi connectivity index (χ0) is 23.9. The molecule has 0 spiro atoms. The Bertz CT molecular complexity index is 1300. The van der Waals surface area contributed by atoms with Gasteiger partial charge in [-0.1, -0.05) is 0 Å². The second-order valence-electron chi connectivity index (χ2n) is 8.76. The van der Waals surface area contributed by atoms with Crippen molar-refractivity contribution in [2.24, 2.45) is 0 Å². The first kappa shape index (κ1) is 23.4. The standard InChI is InChI=1S/C22H29N7O3S2/c1-15-11-19(23)24-13-18(15)20-25-21(28-7-9-32-10-8-28)17-12-16(33-22(17)26-20)14-27-3-5-29(6-4-27)34(2,30)31/h11-13H,3-10,14H2,1-2H3,(H2,23,24). The number of nitrogen functional groups attached to an aromatic ring is 1. The van der Waals surface area contributed by atoms with Crippen molar-refractivity contribution >= 4 is 43.2 Å². The topological polar surface area (TPSA) is 118 Å². The number of fused-ring (bicyclic) bond motifs is 1. The number of ether oxygens (including phenoxy) is 1. The molecule has 0 radical (unpaired) electrons. The van der Waals surface area contributed by atoms with Crippen LogP contribution >= 0.6 is 11.3 Å². The second kappa shape index (κ2) is 9.34. The Balaban J connectivity index is 1.47. The number of nitrogens with zero attached hydrogens (tertiary/aromatic N) is 6. The molecule has 182 valence electrons. The fraction of sp³-hybridized carbons (Fsp3) is 0.500. The summed E-state index contributed by atoms with van der Waals surface area (Å²) >= 11 is 1.67. The van der Waals surface area contributed by atoms with Crippen LogP contribution in [-0.2, 0) is 21.3 Å². The summed E-state index contributed by atoms with van der Waals surface area (Å²) < 4.78 is 30.7. The summed E-state index contributed by atoms with van der Waals surface area (Å²) in [5.41, 5.74) is 7.71. The van der Waals surface area contributed by atoms with Gasteiger partial charge in [-0.15, -0.1) is 11.3 Å². The molecule has 34 heavy (non-hydrogen) atoms. The predicted octanol–water partition coefficient (Wildman–Crippen LogP) is 1.56. The average molecular weight is 504 g/mol. The van der Waals surface area contributed by atoms with Crippen molar-refractivity contribution in [2.75, 3.05) is 69.4 Å². The van der Waals surface area contributed by atoms with Crippen molar-refractivity contribution < 1.29 is 13.2 Å². The molecule has 0 saturated carbocycles. The van der Waals surface area contributed by atoms with Crippen LogP contribution in [0.5, 0.6) is 0 Å². The molecule has 2 aliphatic rings. The smallest absolute Gasteiger partial charge is 0.211 e. The molecule has 0 atom stereocenters. The second-order valence-corrected chi connectivity index (χ2v) is 11.9. The van der Waals surface area contributed by atoms with Crippen LogP contribution in [0, 0.1) is 6.92 Å². The molecule has 0 aliphatic carbocycles. The monoisotopic (exact) mass is 503 g/mol. The molecule has 0 bridgehead atoms.